The van der Waals surface area contributed by atoms with E-state index in [2.05, 4.69) is 5.32 Å². The molecule has 0 saturated carbocycles. The van der Waals surface area contributed by atoms with Crippen molar-refractivity contribution in [1.82, 2.24) is 0 Å². The number of rotatable bonds is 5. The number of fused-ring (bicyclic) bond motifs is 1. The minimum atomic E-state index is -3.65. The Hall–Kier alpha value is -2.74. The Morgan fingerprint density at radius 1 is 1.07 bits per heavy atom. The van der Waals surface area contributed by atoms with Crippen molar-refractivity contribution < 1.29 is 22.7 Å². The predicted molar refractivity (Wildman–Crippen MR) is 104 cm³/mol. The summed E-state index contributed by atoms with van der Waals surface area (Å²) in [5.74, 6) is 0.715. The topological polar surface area (TPSA) is 84.9 Å². The molecule has 0 radical (unpaired) electrons. The largest absolute Gasteiger partial charge is 0.486 e. The summed E-state index contributed by atoms with van der Waals surface area (Å²) in [6.07, 6.45) is 1.08. The van der Waals surface area contributed by atoms with Crippen LogP contribution in [-0.2, 0) is 14.8 Å². The van der Waals surface area contributed by atoms with Crippen LogP contribution < -0.4 is 19.1 Å². The van der Waals surface area contributed by atoms with Crippen LogP contribution in [0.25, 0.3) is 0 Å². The molecular formula is C19H22N2O5S. The molecule has 2 aromatic rings. The van der Waals surface area contributed by atoms with Gasteiger partial charge in [0.25, 0.3) is 0 Å². The highest BCUT2D eigenvalue weighted by molar-refractivity contribution is 7.92. The summed E-state index contributed by atoms with van der Waals surface area (Å²) >= 11 is 0. The second kappa shape index (κ2) is 7.48. The maximum Gasteiger partial charge on any atom is 0.247 e. The fourth-order valence-corrected chi connectivity index (χ4v) is 4.04. The molecule has 1 aliphatic heterocycles. The smallest absolute Gasteiger partial charge is 0.247 e. The van der Waals surface area contributed by atoms with Crippen LogP contribution in [0.15, 0.2) is 42.5 Å². The van der Waals surface area contributed by atoms with Gasteiger partial charge in [0.2, 0.25) is 15.9 Å². The maximum absolute atomic E-state index is 12.7. The Morgan fingerprint density at radius 2 is 1.70 bits per heavy atom. The molecule has 0 saturated heterocycles. The van der Waals surface area contributed by atoms with Gasteiger partial charge >= 0.3 is 0 Å². The van der Waals surface area contributed by atoms with Crippen LogP contribution in [0.3, 0.4) is 0 Å². The summed E-state index contributed by atoms with van der Waals surface area (Å²) in [6.45, 7) is 4.38. The summed E-state index contributed by atoms with van der Waals surface area (Å²) in [6, 6.07) is 11.1. The van der Waals surface area contributed by atoms with Crippen LogP contribution in [0.5, 0.6) is 11.5 Å². The Labute approximate surface area is 158 Å². The highest BCUT2D eigenvalue weighted by Gasteiger charge is 2.29. The number of carbonyl (C=O) groups is 1. The Morgan fingerprint density at radius 3 is 2.33 bits per heavy atom. The number of hydrogen-bond acceptors (Lipinski definition) is 5. The van der Waals surface area contributed by atoms with Crippen LogP contribution in [0.4, 0.5) is 11.4 Å². The average molecular weight is 390 g/mol. The molecule has 144 valence electrons. The van der Waals surface area contributed by atoms with Crippen molar-refractivity contribution in [3.63, 3.8) is 0 Å². The van der Waals surface area contributed by atoms with E-state index in [9.17, 15) is 13.2 Å². The molecule has 0 aromatic heterocycles. The number of benzene rings is 2. The van der Waals surface area contributed by atoms with E-state index in [-0.39, 0.29) is 0 Å². The van der Waals surface area contributed by atoms with E-state index in [0.29, 0.717) is 36.1 Å². The standard InChI is InChI=1S/C19H22N2O5S/c1-13-4-7-16(8-5-13)21(27(3,23)24)14(2)19(22)20-15-6-9-17-18(12-15)26-11-10-25-17/h4-9,12,14H,10-11H2,1-3H3,(H,20,22)/t14-/m0/s1. The first-order valence-electron chi connectivity index (χ1n) is 8.52. The number of nitrogens with one attached hydrogen (secondary N) is 1. The average Bonchev–Trinajstić information content (AvgIpc) is 2.62. The molecule has 2 aromatic carbocycles. The van der Waals surface area contributed by atoms with Crippen molar-refractivity contribution in [3.05, 3.63) is 48.0 Å². The number of sulfonamides is 1. The Balaban J connectivity index is 1.82. The predicted octanol–water partition coefficient (Wildman–Crippen LogP) is 2.56. The van der Waals surface area contributed by atoms with Gasteiger partial charge in [0.15, 0.2) is 11.5 Å². The highest BCUT2D eigenvalue weighted by atomic mass is 32.2. The van der Waals surface area contributed by atoms with Crippen molar-refractivity contribution >= 4 is 27.3 Å². The first-order chi connectivity index (χ1) is 12.8. The van der Waals surface area contributed by atoms with Gasteiger partial charge in [-0.25, -0.2) is 8.42 Å². The van der Waals surface area contributed by atoms with Gasteiger partial charge in [-0.05, 0) is 38.1 Å². The second-order valence-corrected chi connectivity index (χ2v) is 8.28. The van der Waals surface area contributed by atoms with Crippen molar-refractivity contribution in [3.8, 4) is 11.5 Å². The van der Waals surface area contributed by atoms with E-state index in [4.69, 9.17) is 9.47 Å². The number of nitrogens with zero attached hydrogens (tertiary/aromatic N) is 1. The van der Waals surface area contributed by atoms with Crippen LogP contribution in [0.1, 0.15) is 12.5 Å². The molecule has 1 amide bonds. The van der Waals surface area contributed by atoms with Gasteiger partial charge in [-0.1, -0.05) is 17.7 Å². The van der Waals surface area contributed by atoms with E-state index >= 15 is 0 Å². The van der Waals surface area contributed by atoms with Gasteiger partial charge in [0, 0.05) is 11.8 Å². The molecule has 7 nitrogen and oxygen atoms in total. The third-order valence-corrected chi connectivity index (χ3v) is 5.43. The molecular weight excluding hydrogens is 368 g/mol. The quantitative estimate of drug-likeness (QED) is 0.848. The van der Waals surface area contributed by atoms with Crippen molar-refractivity contribution in [2.45, 2.75) is 19.9 Å². The molecule has 0 bridgehead atoms. The lowest BCUT2D eigenvalue weighted by Gasteiger charge is -2.28. The first-order valence-corrected chi connectivity index (χ1v) is 10.4. The summed E-state index contributed by atoms with van der Waals surface area (Å²) in [5, 5.41) is 2.74. The zero-order valence-electron chi connectivity index (χ0n) is 15.4. The normalized spacial score (nSPS) is 14.3. The zero-order chi connectivity index (χ0) is 19.6. The maximum atomic E-state index is 12.7. The lowest BCUT2D eigenvalue weighted by molar-refractivity contribution is -0.116. The summed E-state index contributed by atoms with van der Waals surface area (Å²) in [4.78, 5) is 12.7. The molecule has 0 spiro atoms. The SMILES string of the molecule is Cc1ccc(N([C@@H](C)C(=O)Nc2ccc3c(c2)OCCO3)S(C)(=O)=O)cc1. The minimum absolute atomic E-state index is 0.438. The monoisotopic (exact) mass is 390 g/mol. The van der Waals surface area contributed by atoms with Gasteiger partial charge in [-0.15, -0.1) is 0 Å². The summed E-state index contributed by atoms with van der Waals surface area (Å²) < 4.78 is 36.7. The first kappa shape index (κ1) is 19.0. The van der Waals surface area contributed by atoms with Crippen LogP contribution in [-0.4, -0.2) is 39.8 Å². The summed E-state index contributed by atoms with van der Waals surface area (Å²) in [5.41, 5.74) is 1.95. The zero-order valence-corrected chi connectivity index (χ0v) is 16.2. The van der Waals surface area contributed by atoms with Crippen LogP contribution >= 0.6 is 0 Å². The number of anilines is 2. The van der Waals surface area contributed by atoms with E-state index in [1.54, 1.807) is 49.4 Å². The van der Waals surface area contributed by atoms with Gasteiger partial charge < -0.3 is 14.8 Å². The molecule has 0 unspecified atom stereocenters. The number of ether oxygens (including phenoxy) is 2. The summed E-state index contributed by atoms with van der Waals surface area (Å²) in [7, 11) is -3.65. The molecule has 1 atom stereocenters. The van der Waals surface area contributed by atoms with Gasteiger partial charge in [-0.3, -0.25) is 9.10 Å². The minimum Gasteiger partial charge on any atom is -0.486 e. The number of hydrogen-bond donors (Lipinski definition) is 1. The van der Waals surface area contributed by atoms with Crippen LogP contribution in [0.2, 0.25) is 0 Å². The van der Waals surface area contributed by atoms with Gasteiger partial charge in [0.05, 0.1) is 11.9 Å². The molecule has 8 heteroatoms. The van der Waals surface area contributed by atoms with E-state index in [1.807, 2.05) is 6.92 Å². The van der Waals surface area contributed by atoms with E-state index in [0.717, 1.165) is 16.1 Å². The number of amides is 1. The molecule has 0 fully saturated rings. The lowest BCUT2D eigenvalue weighted by Crippen LogP contribution is -2.45. The number of carbonyl (C=O) groups excluding carboxylic acids is 1. The van der Waals surface area contributed by atoms with Crippen molar-refractivity contribution in [2.75, 3.05) is 29.1 Å². The Kier molecular flexibility index (Phi) is 5.27. The molecule has 0 aliphatic carbocycles. The third kappa shape index (κ3) is 4.33. The van der Waals surface area contributed by atoms with Gasteiger partial charge in [-0.2, -0.15) is 0 Å². The van der Waals surface area contributed by atoms with Crippen molar-refractivity contribution in [2.24, 2.45) is 0 Å². The fourth-order valence-electron chi connectivity index (χ4n) is 2.87. The number of aryl methyl sites for hydroxylation is 1. The highest BCUT2D eigenvalue weighted by Crippen LogP contribution is 2.32. The van der Waals surface area contributed by atoms with E-state index in [1.165, 1.54) is 0 Å². The fraction of sp³-hybridized carbons (Fsp3) is 0.316. The molecule has 1 aliphatic rings. The third-order valence-electron chi connectivity index (χ3n) is 4.19. The van der Waals surface area contributed by atoms with Crippen molar-refractivity contribution in [1.29, 1.82) is 0 Å². The van der Waals surface area contributed by atoms with Gasteiger partial charge in [0.1, 0.15) is 19.3 Å². The lowest BCUT2D eigenvalue weighted by atomic mass is 10.2. The molecule has 1 heterocycles. The second-order valence-electron chi connectivity index (χ2n) is 6.42. The Bertz CT molecular complexity index is 941. The molecule has 27 heavy (non-hydrogen) atoms. The van der Waals surface area contributed by atoms with E-state index < -0.39 is 22.0 Å². The molecule has 3 rings (SSSR count). The molecule has 1 N–H and O–H groups in total. The van der Waals surface area contributed by atoms with Crippen LogP contribution in [0, 0.1) is 6.92 Å².